The number of hydrogen-bond donors (Lipinski definition) is 1. The SMILES string of the molecule is CCNc1nc(-c2cc(Cl)sc2Cl)ccc1C#N. The maximum Gasteiger partial charge on any atom is 0.144 e. The number of halogens is 2. The minimum atomic E-state index is 0.512. The van der Waals surface area contributed by atoms with Crippen LogP contribution in [0, 0.1) is 11.3 Å². The number of nitrogens with zero attached hydrogens (tertiary/aromatic N) is 2. The van der Waals surface area contributed by atoms with Gasteiger partial charge in [0.25, 0.3) is 0 Å². The van der Waals surface area contributed by atoms with Crippen LogP contribution in [0.4, 0.5) is 5.82 Å². The summed E-state index contributed by atoms with van der Waals surface area (Å²) in [7, 11) is 0. The molecule has 0 aliphatic rings. The van der Waals surface area contributed by atoms with E-state index in [1.807, 2.05) is 6.92 Å². The number of nitrogens with one attached hydrogen (secondary N) is 1. The molecule has 0 aliphatic heterocycles. The predicted octanol–water partition coefficient (Wildman–Crippen LogP) is 4.42. The highest BCUT2D eigenvalue weighted by molar-refractivity contribution is 7.20. The lowest BCUT2D eigenvalue weighted by atomic mass is 10.2. The maximum atomic E-state index is 8.99. The van der Waals surface area contributed by atoms with Crippen LogP contribution in [0.2, 0.25) is 8.67 Å². The summed E-state index contributed by atoms with van der Waals surface area (Å²) in [5, 5.41) is 12.0. The number of pyridine rings is 1. The van der Waals surface area contributed by atoms with Crippen LogP contribution >= 0.6 is 34.5 Å². The predicted molar refractivity (Wildman–Crippen MR) is 76.4 cm³/mol. The van der Waals surface area contributed by atoms with Gasteiger partial charge >= 0.3 is 0 Å². The largest absolute Gasteiger partial charge is 0.369 e. The molecule has 0 aromatic carbocycles. The van der Waals surface area contributed by atoms with Crippen molar-refractivity contribution < 1.29 is 0 Å². The lowest BCUT2D eigenvalue weighted by Crippen LogP contribution is -2.02. The number of nitriles is 1. The molecule has 92 valence electrons. The van der Waals surface area contributed by atoms with Gasteiger partial charge in [-0.25, -0.2) is 4.98 Å². The standard InChI is InChI=1S/C12H9Cl2N3S/c1-2-16-12-7(6-15)3-4-9(17-12)8-5-10(13)18-11(8)14/h3-5H,2H2,1H3,(H,16,17). The molecule has 0 fully saturated rings. The molecule has 0 amide bonds. The Hall–Kier alpha value is -1.28. The van der Waals surface area contributed by atoms with Crippen molar-refractivity contribution in [3.05, 3.63) is 32.4 Å². The fourth-order valence-electron chi connectivity index (χ4n) is 1.52. The Bertz CT molecular complexity index is 616. The highest BCUT2D eigenvalue weighted by atomic mass is 35.5. The second-order valence-corrected chi connectivity index (χ2v) is 5.76. The second-order valence-electron chi connectivity index (χ2n) is 3.47. The molecule has 2 aromatic heterocycles. The zero-order valence-electron chi connectivity index (χ0n) is 9.50. The van der Waals surface area contributed by atoms with Gasteiger partial charge in [-0.3, -0.25) is 0 Å². The van der Waals surface area contributed by atoms with E-state index in [1.165, 1.54) is 11.3 Å². The molecule has 0 spiro atoms. The van der Waals surface area contributed by atoms with E-state index in [0.29, 0.717) is 32.3 Å². The Morgan fingerprint density at radius 2 is 2.22 bits per heavy atom. The first kappa shape index (κ1) is 13.2. The Balaban J connectivity index is 2.50. The Kier molecular flexibility index (Phi) is 4.07. The minimum Gasteiger partial charge on any atom is -0.369 e. The molecule has 3 nitrogen and oxygen atoms in total. The van der Waals surface area contributed by atoms with E-state index in [0.717, 1.165) is 5.56 Å². The van der Waals surface area contributed by atoms with E-state index in [4.69, 9.17) is 28.5 Å². The Labute approximate surface area is 119 Å². The average Bonchev–Trinajstić information content (AvgIpc) is 2.69. The summed E-state index contributed by atoms with van der Waals surface area (Å²) in [6.07, 6.45) is 0. The summed E-state index contributed by atoms with van der Waals surface area (Å²) >= 11 is 13.3. The van der Waals surface area contributed by atoms with Crippen LogP contribution in [0.25, 0.3) is 11.3 Å². The monoisotopic (exact) mass is 297 g/mol. The van der Waals surface area contributed by atoms with E-state index < -0.39 is 0 Å². The van der Waals surface area contributed by atoms with Crippen LogP contribution in [-0.2, 0) is 0 Å². The summed E-state index contributed by atoms with van der Waals surface area (Å²) in [5.74, 6) is 0.566. The van der Waals surface area contributed by atoms with Gasteiger partial charge in [0.2, 0.25) is 0 Å². The molecule has 2 heterocycles. The van der Waals surface area contributed by atoms with E-state index in [9.17, 15) is 0 Å². The van der Waals surface area contributed by atoms with Gasteiger partial charge in [0, 0.05) is 12.1 Å². The van der Waals surface area contributed by atoms with Crippen LogP contribution in [0.5, 0.6) is 0 Å². The van der Waals surface area contributed by atoms with Gasteiger partial charge in [-0.1, -0.05) is 23.2 Å². The first-order valence-electron chi connectivity index (χ1n) is 5.26. The van der Waals surface area contributed by atoms with E-state index in [2.05, 4.69) is 16.4 Å². The zero-order chi connectivity index (χ0) is 13.1. The number of aromatic nitrogens is 1. The summed E-state index contributed by atoms with van der Waals surface area (Å²) in [6.45, 7) is 2.65. The van der Waals surface area contributed by atoms with E-state index >= 15 is 0 Å². The third-order valence-corrected chi connectivity index (χ3v) is 3.78. The summed E-state index contributed by atoms with van der Waals surface area (Å²) in [5.41, 5.74) is 2.01. The highest BCUT2D eigenvalue weighted by Crippen LogP contribution is 2.37. The minimum absolute atomic E-state index is 0.512. The van der Waals surface area contributed by atoms with Crippen LogP contribution in [0.3, 0.4) is 0 Å². The summed E-state index contributed by atoms with van der Waals surface area (Å²) in [6, 6.07) is 7.37. The topological polar surface area (TPSA) is 48.7 Å². The zero-order valence-corrected chi connectivity index (χ0v) is 11.8. The molecule has 0 bridgehead atoms. The van der Waals surface area contributed by atoms with Gasteiger partial charge in [0.05, 0.1) is 15.6 Å². The van der Waals surface area contributed by atoms with Gasteiger partial charge < -0.3 is 5.32 Å². The lowest BCUT2D eigenvalue weighted by molar-refractivity contribution is 1.15. The van der Waals surface area contributed by atoms with Crippen LogP contribution in [-0.4, -0.2) is 11.5 Å². The van der Waals surface area contributed by atoms with Gasteiger partial charge in [0.15, 0.2) is 0 Å². The van der Waals surface area contributed by atoms with Crippen molar-refractivity contribution >= 4 is 40.4 Å². The smallest absolute Gasteiger partial charge is 0.144 e. The molecule has 1 N–H and O–H groups in total. The molecule has 2 aromatic rings. The molecule has 0 aliphatic carbocycles. The van der Waals surface area contributed by atoms with E-state index in [-0.39, 0.29) is 0 Å². The van der Waals surface area contributed by atoms with E-state index in [1.54, 1.807) is 18.2 Å². The molecule has 2 rings (SSSR count). The van der Waals surface area contributed by atoms with Crippen molar-refractivity contribution in [2.24, 2.45) is 0 Å². The molecule has 0 atom stereocenters. The van der Waals surface area contributed by atoms with Gasteiger partial charge in [-0.2, -0.15) is 5.26 Å². The molecule has 0 saturated carbocycles. The quantitative estimate of drug-likeness (QED) is 0.912. The van der Waals surface area contributed by atoms with Crippen molar-refractivity contribution in [1.82, 2.24) is 4.98 Å². The van der Waals surface area contributed by atoms with Crippen molar-refractivity contribution in [1.29, 1.82) is 5.26 Å². The Morgan fingerprint density at radius 3 is 2.78 bits per heavy atom. The van der Waals surface area contributed by atoms with Crippen molar-refractivity contribution in [3.63, 3.8) is 0 Å². The molecule has 0 radical (unpaired) electrons. The molecule has 0 unspecified atom stereocenters. The molecule has 0 saturated heterocycles. The first-order valence-corrected chi connectivity index (χ1v) is 6.83. The fourth-order valence-corrected chi connectivity index (χ4v) is 3.00. The third-order valence-electron chi connectivity index (χ3n) is 2.29. The number of rotatable bonds is 3. The number of anilines is 1. The van der Waals surface area contributed by atoms with Crippen LogP contribution < -0.4 is 5.32 Å². The molecule has 18 heavy (non-hydrogen) atoms. The normalized spacial score (nSPS) is 10.1. The average molecular weight is 298 g/mol. The highest BCUT2D eigenvalue weighted by Gasteiger charge is 2.12. The number of thiophene rings is 1. The molecular weight excluding hydrogens is 289 g/mol. The van der Waals surface area contributed by atoms with Crippen molar-refractivity contribution in [2.75, 3.05) is 11.9 Å². The van der Waals surface area contributed by atoms with Crippen molar-refractivity contribution in [3.8, 4) is 17.3 Å². The van der Waals surface area contributed by atoms with Gasteiger partial charge in [0.1, 0.15) is 16.2 Å². The van der Waals surface area contributed by atoms with Crippen molar-refractivity contribution in [2.45, 2.75) is 6.92 Å². The van der Waals surface area contributed by atoms with Gasteiger partial charge in [-0.15, -0.1) is 11.3 Å². The second kappa shape index (κ2) is 5.57. The summed E-state index contributed by atoms with van der Waals surface area (Å²) in [4.78, 5) is 4.41. The third kappa shape index (κ3) is 2.59. The Morgan fingerprint density at radius 1 is 1.44 bits per heavy atom. The van der Waals surface area contributed by atoms with Crippen LogP contribution in [0.1, 0.15) is 12.5 Å². The first-order chi connectivity index (χ1) is 8.65. The number of hydrogen-bond acceptors (Lipinski definition) is 4. The fraction of sp³-hybridized carbons (Fsp3) is 0.167. The lowest BCUT2D eigenvalue weighted by Gasteiger charge is -2.06. The summed E-state index contributed by atoms with van der Waals surface area (Å²) < 4.78 is 1.21. The van der Waals surface area contributed by atoms with Gasteiger partial charge in [-0.05, 0) is 25.1 Å². The molecular formula is C12H9Cl2N3S. The molecule has 6 heteroatoms. The van der Waals surface area contributed by atoms with Crippen LogP contribution in [0.15, 0.2) is 18.2 Å². The maximum absolute atomic E-state index is 8.99.